The largest absolute Gasteiger partial charge is 0.379 e. The normalized spacial score (nSPS) is 14.3. The average molecular weight is 472 g/mol. The molecule has 0 spiro atoms. The van der Waals surface area contributed by atoms with E-state index in [1.807, 2.05) is 29.2 Å². The highest BCUT2D eigenvalue weighted by Gasteiger charge is 2.19. The van der Waals surface area contributed by atoms with E-state index < -0.39 is 0 Å². The van der Waals surface area contributed by atoms with Crippen molar-refractivity contribution >= 4 is 33.3 Å². The molecule has 180 valence electrons. The fourth-order valence-electron chi connectivity index (χ4n) is 4.80. The van der Waals surface area contributed by atoms with Gasteiger partial charge in [-0.25, -0.2) is 9.18 Å². The van der Waals surface area contributed by atoms with Crippen LogP contribution in [0.15, 0.2) is 78.9 Å². The standard InChI is InChI=1S/C29H30FN3O2/c30-24-9-5-10-25(20-24)31-29(34)33(14-6-13-32-15-17-35-18-16-32)21-28-26-11-3-1-7-22(26)19-23-8-2-4-12-27(23)28/h1-5,7-12,19-20H,6,13-18,21H2,(H,31,34). The van der Waals surface area contributed by atoms with Crippen LogP contribution in [-0.4, -0.2) is 55.2 Å². The number of nitrogens with one attached hydrogen (secondary N) is 1. The first-order valence-corrected chi connectivity index (χ1v) is 12.2. The number of morpholine rings is 1. The molecule has 6 heteroatoms. The molecule has 1 saturated heterocycles. The van der Waals surface area contributed by atoms with Gasteiger partial charge in [0.1, 0.15) is 5.82 Å². The van der Waals surface area contributed by atoms with Crippen molar-refractivity contribution in [3.8, 4) is 0 Å². The van der Waals surface area contributed by atoms with E-state index in [1.165, 1.54) is 12.1 Å². The van der Waals surface area contributed by atoms with Crippen LogP contribution in [-0.2, 0) is 11.3 Å². The lowest BCUT2D eigenvalue weighted by Crippen LogP contribution is -2.40. The number of anilines is 1. The van der Waals surface area contributed by atoms with Gasteiger partial charge in [0.15, 0.2) is 0 Å². The molecule has 0 radical (unpaired) electrons. The van der Waals surface area contributed by atoms with Crippen LogP contribution >= 0.6 is 0 Å². The van der Waals surface area contributed by atoms with E-state index in [-0.39, 0.29) is 11.8 Å². The summed E-state index contributed by atoms with van der Waals surface area (Å²) in [6.45, 7) is 5.32. The SMILES string of the molecule is O=C(Nc1cccc(F)c1)N(CCCN1CCOCC1)Cc1c2ccccc2cc2ccccc12. The number of hydrogen-bond donors (Lipinski definition) is 1. The van der Waals surface area contributed by atoms with E-state index in [1.54, 1.807) is 12.1 Å². The second-order valence-corrected chi connectivity index (χ2v) is 8.97. The number of amides is 2. The van der Waals surface area contributed by atoms with Gasteiger partial charge in [0.05, 0.1) is 13.2 Å². The van der Waals surface area contributed by atoms with Crippen molar-refractivity contribution in [2.24, 2.45) is 0 Å². The van der Waals surface area contributed by atoms with Gasteiger partial charge in [-0.1, -0.05) is 54.6 Å². The molecular formula is C29H30FN3O2. The minimum Gasteiger partial charge on any atom is -0.379 e. The summed E-state index contributed by atoms with van der Waals surface area (Å²) in [5.74, 6) is -0.373. The molecule has 4 aromatic rings. The number of carbonyl (C=O) groups excluding carboxylic acids is 1. The summed E-state index contributed by atoms with van der Waals surface area (Å²) in [6.07, 6.45) is 0.846. The summed E-state index contributed by atoms with van der Waals surface area (Å²) in [4.78, 5) is 17.7. The van der Waals surface area contributed by atoms with Crippen LogP contribution in [0, 0.1) is 5.82 Å². The summed E-state index contributed by atoms with van der Waals surface area (Å²) in [5.41, 5.74) is 1.58. The Hall–Kier alpha value is -3.48. The summed E-state index contributed by atoms with van der Waals surface area (Å²) < 4.78 is 19.2. The molecule has 1 N–H and O–H groups in total. The van der Waals surface area contributed by atoms with Crippen molar-refractivity contribution in [3.63, 3.8) is 0 Å². The third-order valence-corrected chi connectivity index (χ3v) is 6.60. The van der Waals surface area contributed by atoms with Gasteiger partial charge in [0.25, 0.3) is 0 Å². The van der Waals surface area contributed by atoms with Crippen molar-refractivity contribution in [2.45, 2.75) is 13.0 Å². The van der Waals surface area contributed by atoms with E-state index in [9.17, 15) is 9.18 Å². The van der Waals surface area contributed by atoms with Gasteiger partial charge < -0.3 is 15.0 Å². The molecular weight excluding hydrogens is 441 g/mol. The molecule has 1 heterocycles. The Labute approximate surface area is 205 Å². The summed E-state index contributed by atoms with van der Waals surface area (Å²) in [6, 6.07) is 24.6. The molecule has 0 saturated carbocycles. The van der Waals surface area contributed by atoms with E-state index in [2.05, 4.69) is 40.5 Å². The van der Waals surface area contributed by atoms with Gasteiger partial charge in [-0.05, 0) is 57.8 Å². The smallest absolute Gasteiger partial charge is 0.322 e. The lowest BCUT2D eigenvalue weighted by Gasteiger charge is -2.29. The Balaban J connectivity index is 1.43. The molecule has 35 heavy (non-hydrogen) atoms. The van der Waals surface area contributed by atoms with Gasteiger partial charge in [-0.3, -0.25) is 4.90 Å². The van der Waals surface area contributed by atoms with Crippen LogP contribution in [0.4, 0.5) is 14.9 Å². The molecule has 0 aliphatic carbocycles. The van der Waals surface area contributed by atoms with E-state index >= 15 is 0 Å². The predicted octanol–water partition coefficient (Wildman–Crippen LogP) is 5.89. The highest BCUT2D eigenvalue weighted by Crippen LogP contribution is 2.30. The van der Waals surface area contributed by atoms with Crippen molar-refractivity contribution in [2.75, 3.05) is 44.7 Å². The second kappa shape index (κ2) is 10.8. The number of carbonyl (C=O) groups is 1. The number of ether oxygens (including phenoxy) is 1. The third-order valence-electron chi connectivity index (χ3n) is 6.60. The topological polar surface area (TPSA) is 44.8 Å². The molecule has 1 fully saturated rings. The van der Waals surface area contributed by atoms with Gasteiger partial charge in [-0.2, -0.15) is 0 Å². The van der Waals surface area contributed by atoms with Crippen LogP contribution in [0.2, 0.25) is 0 Å². The molecule has 0 atom stereocenters. The second-order valence-electron chi connectivity index (χ2n) is 8.97. The Kier molecular flexibility index (Phi) is 7.21. The van der Waals surface area contributed by atoms with Crippen LogP contribution in [0.5, 0.6) is 0 Å². The Morgan fingerprint density at radius 2 is 1.60 bits per heavy atom. The fourth-order valence-corrected chi connectivity index (χ4v) is 4.80. The van der Waals surface area contributed by atoms with Crippen LogP contribution in [0.1, 0.15) is 12.0 Å². The summed E-state index contributed by atoms with van der Waals surface area (Å²) in [7, 11) is 0. The van der Waals surface area contributed by atoms with Crippen molar-refractivity contribution in [3.05, 3.63) is 90.2 Å². The Morgan fingerprint density at radius 3 is 2.29 bits per heavy atom. The number of benzene rings is 4. The van der Waals surface area contributed by atoms with E-state index in [0.29, 0.717) is 18.8 Å². The summed E-state index contributed by atoms with van der Waals surface area (Å²) >= 11 is 0. The maximum absolute atomic E-state index is 13.7. The molecule has 0 bridgehead atoms. The highest BCUT2D eigenvalue weighted by molar-refractivity contribution is 6.02. The van der Waals surface area contributed by atoms with Gasteiger partial charge >= 0.3 is 6.03 Å². The maximum atomic E-state index is 13.7. The minimum atomic E-state index is -0.373. The third kappa shape index (κ3) is 5.61. The number of hydrogen-bond acceptors (Lipinski definition) is 3. The molecule has 5 rings (SSSR count). The Bertz CT molecular complexity index is 1270. The number of fused-ring (bicyclic) bond motifs is 2. The Morgan fingerprint density at radius 1 is 0.914 bits per heavy atom. The lowest BCUT2D eigenvalue weighted by atomic mass is 9.96. The summed E-state index contributed by atoms with van der Waals surface area (Å²) in [5, 5.41) is 7.49. The quantitative estimate of drug-likeness (QED) is 0.342. The van der Waals surface area contributed by atoms with Crippen molar-refractivity contribution in [1.82, 2.24) is 9.80 Å². The van der Waals surface area contributed by atoms with Crippen LogP contribution in [0.25, 0.3) is 21.5 Å². The van der Waals surface area contributed by atoms with E-state index in [0.717, 1.165) is 66.4 Å². The van der Waals surface area contributed by atoms with Crippen molar-refractivity contribution in [1.29, 1.82) is 0 Å². The molecule has 5 nitrogen and oxygen atoms in total. The van der Waals surface area contributed by atoms with Gasteiger partial charge in [0.2, 0.25) is 0 Å². The number of nitrogens with zero attached hydrogens (tertiary/aromatic N) is 2. The monoisotopic (exact) mass is 471 g/mol. The van der Waals surface area contributed by atoms with E-state index in [4.69, 9.17) is 4.74 Å². The first-order chi connectivity index (χ1) is 17.2. The molecule has 2 amide bonds. The van der Waals surface area contributed by atoms with Gasteiger partial charge in [-0.15, -0.1) is 0 Å². The molecule has 1 aliphatic rings. The zero-order valence-electron chi connectivity index (χ0n) is 19.8. The molecule has 1 aliphatic heterocycles. The average Bonchev–Trinajstić information content (AvgIpc) is 2.88. The molecule has 4 aromatic carbocycles. The van der Waals surface area contributed by atoms with Gasteiger partial charge in [0, 0.05) is 38.4 Å². The number of halogens is 1. The highest BCUT2D eigenvalue weighted by atomic mass is 19.1. The fraction of sp³-hybridized carbons (Fsp3) is 0.276. The first-order valence-electron chi connectivity index (χ1n) is 12.2. The van der Waals surface area contributed by atoms with Crippen molar-refractivity contribution < 1.29 is 13.9 Å². The number of rotatable bonds is 7. The molecule has 0 aromatic heterocycles. The van der Waals surface area contributed by atoms with Crippen LogP contribution < -0.4 is 5.32 Å². The zero-order chi connectivity index (χ0) is 24.0. The first kappa shape index (κ1) is 23.3. The molecule has 0 unspecified atom stereocenters. The maximum Gasteiger partial charge on any atom is 0.322 e. The van der Waals surface area contributed by atoms with Crippen LogP contribution in [0.3, 0.4) is 0 Å². The lowest BCUT2D eigenvalue weighted by molar-refractivity contribution is 0.0365. The minimum absolute atomic E-state index is 0.227. The zero-order valence-corrected chi connectivity index (χ0v) is 19.8. The predicted molar refractivity (Wildman–Crippen MR) is 139 cm³/mol. The number of urea groups is 1.